The van der Waals surface area contributed by atoms with Gasteiger partial charge in [-0.05, 0) is 12.8 Å². The summed E-state index contributed by atoms with van der Waals surface area (Å²) in [5.41, 5.74) is 2.29. The molecule has 0 aromatic carbocycles. The second-order valence-electron chi connectivity index (χ2n) is 5.89. The predicted octanol–water partition coefficient (Wildman–Crippen LogP) is -4.97. The Hall–Kier alpha value is -1.13. The zero-order valence-electron chi connectivity index (χ0n) is 15.8. The standard InChI is InChI=1S/C13H22N6O7S.Na/c1-10(20)18-9-11(17(2)26-27(22,23)24)3-4-12(18)13(21)16-25-8-7-19-14-5-6-15-19;/h5-6,11-12H,3-4,7-9H2,1-2H3,(H,16,21)(H,22,23,24);/q;+1/p-1/t11-,12+;/m1./s1. The van der Waals surface area contributed by atoms with Gasteiger partial charge in [-0.1, -0.05) is 0 Å². The topological polar surface area (TPSA) is 159 Å². The van der Waals surface area contributed by atoms with Gasteiger partial charge in [-0.15, -0.1) is 0 Å². The molecular formula is C13H21N6NaO7S. The van der Waals surface area contributed by atoms with Crippen molar-refractivity contribution in [2.75, 3.05) is 20.2 Å². The molecule has 1 aromatic heterocycles. The fraction of sp³-hybridized carbons (Fsp3) is 0.692. The van der Waals surface area contributed by atoms with Crippen LogP contribution in [0.4, 0.5) is 0 Å². The van der Waals surface area contributed by atoms with Gasteiger partial charge in [-0.3, -0.25) is 14.4 Å². The van der Waals surface area contributed by atoms with E-state index in [1.54, 1.807) is 0 Å². The molecule has 15 heteroatoms. The van der Waals surface area contributed by atoms with Crippen molar-refractivity contribution in [2.24, 2.45) is 0 Å². The van der Waals surface area contributed by atoms with Crippen LogP contribution in [-0.4, -0.2) is 82.0 Å². The Balaban J connectivity index is 0.00000392. The van der Waals surface area contributed by atoms with Crippen LogP contribution >= 0.6 is 0 Å². The maximum Gasteiger partial charge on any atom is 1.00 e. The summed E-state index contributed by atoms with van der Waals surface area (Å²) in [6, 6.07) is -1.33. The SMILES string of the molecule is CC(=O)N1C[C@H](N(C)OS(=O)(=O)[O-])CC[C@H]1C(=O)NOCCn1nccn1.[Na+]. The summed E-state index contributed by atoms with van der Waals surface area (Å²) in [5, 5.41) is 8.66. The van der Waals surface area contributed by atoms with Crippen LogP contribution in [-0.2, 0) is 35.7 Å². The molecular weight excluding hydrogens is 407 g/mol. The molecule has 0 saturated carbocycles. The van der Waals surface area contributed by atoms with Gasteiger partial charge in [-0.25, -0.2) is 13.9 Å². The fourth-order valence-electron chi connectivity index (χ4n) is 2.75. The van der Waals surface area contributed by atoms with Crippen molar-refractivity contribution in [2.45, 2.75) is 38.4 Å². The van der Waals surface area contributed by atoms with Gasteiger partial charge >= 0.3 is 29.6 Å². The number of carbonyl (C=O) groups is 2. The predicted molar refractivity (Wildman–Crippen MR) is 86.9 cm³/mol. The molecule has 1 aliphatic rings. The Bertz CT molecular complexity index is 747. The first-order valence-electron chi connectivity index (χ1n) is 8.08. The molecule has 0 radical (unpaired) electrons. The van der Waals surface area contributed by atoms with Gasteiger partial charge in [0.25, 0.3) is 5.91 Å². The second-order valence-corrected chi connectivity index (χ2v) is 6.85. The van der Waals surface area contributed by atoms with Crippen molar-refractivity contribution in [1.82, 2.24) is 30.4 Å². The van der Waals surface area contributed by atoms with E-state index in [-0.39, 0.29) is 55.0 Å². The van der Waals surface area contributed by atoms with Crippen LogP contribution in [0.1, 0.15) is 19.8 Å². The molecule has 0 unspecified atom stereocenters. The molecule has 2 rings (SSSR count). The maximum atomic E-state index is 12.3. The summed E-state index contributed by atoms with van der Waals surface area (Å²) < 4.78 is 36.4. The molecule has 1 saturated heterocycles. The number of carbonyl (C=O) groups excluding carboxylic acids is 2. The normalized spacial score (nSPS) is 19.9. The van der Waals surface area contributed by atoms with Crippen LogP contribution in [0.15, 0.2) is 12.4 Å². The van der Waals surface area contributed by atoms with Gasteiger partial charge in [-0.2, -0.15) is 24.3 Å². The van der Waals surface area contributed by atoms with E-state index in [0.29, 0.717) is 13.0 Å². The number of nitrogens with one attached hydrogen (secondary N) is 1. The quantitative estimate of drug-likeness (QED) is 0.140. The summed E-state index contributed by atoms with van der Waals surface area (Å²) in [6.45, 7) is 1.78. The molecule has 152 valence electrons. The molecule has 2 heterocycles. The molecule has 2 amide bonds. The monoisotopic (exact) mass is 428 g/mol. The number of hydroxylamine groups is 3. The number of aromatic nitrogens is 3. The number of piperidine rings is 1. The fourth-order valence-corrected chi connectivity index (χ4v) is 3.16. The minimum atomic E-state index is -4.91. The maximum absolute atomic E-state index is 12.3. The average molecular weight is 428 g/mol. The smallest absolute Gasteiger partial charge is 0.724 e. The Morgan fingerprint density at radius 1 is 1.32 bits per heavy atom. The Morgan fingerprint density at radius 2 is 1.96 bits per heavy atom. The molecule has 1 aliphatic heterocycles. The molecule has 13 nitrogen and oxygen atoms in total. The number of rotatable bonds is 8. The zero-order chi connectivity index (χ0) is 20.0. The van der Waals surface area contributed by atoms with Crippen LogP contribution in [0.3, 0.4) is 0 Å². The van der Waals surface area contributed by atoms with Crippen LogP contribution in [0.25, 0.3) is 0 Å². The first kappa shape index (κ1) is 24.9. The zero-order valence-corrected chi connectivity index (χ0v) is 18.7. The second kappa shape index (κ2) is 11.2. The molecule has 1 aromatic rings. The Morgan fingerprint density at radius 3 is 2.54 bits per heavy atom. The minimum absolute atomic E-state index is 0. The molecule has 28 heavy (non-hydrogen) atoms. The van der Waals surface area contributed by atoms with Gasteiger partial charge in [0.2, 0.25) is 16.3 Å². The third-order valence-electron chi connectivity index (χ3n) is 4.02. The van der Waals surface area contributed by atoms with E-state index in [4.69, 9.17) is 4.84 Å². The first-order valence-corrected chi connectivity index (χ1v) is 9.42. The van der Waals surface area contributed by atoms with Crippen molar-refractivity contribution >= 4 is 22.2 Å². The first-order chi connectivity index (χ1) is 12.7. The van der Waals surface area contributed by atoms with E-state index in [1.165, 1.54) is 36.1 Å². The Labute approximate surface area is 184 Å². The third kappa shape index (κ3) is 7.71. The van der Waals surface area contributed by atoms with Crippen molar-refractivity contribution in [3.8, 4) is 0 Å². The third-order valence-corrected chi connectivity index (χ3v) is 4.44. The van der Waals surface area contributed by atoms with Crippen LogP contribution < -0.4 is 35.0 Å². The van der Waals surface area contributed by atoms with E-state index < -0.39 is 28.4 Å². The summed E-state index contributed by atoms with van der Waals surface area (Å²) in [5.74, 6) is -0.879. The summed E-state index contributed by atoms with van der Waals surface area (Å²) in [6.07, 6.45) is 3.61. The number of nitrogens with zero attached hydrogens (tertiary/aromatic N) is 5. The van der Waals surface area contributed by atoms with E-state index >= 15 is 0 Å². The van der Waals surface area contributed by atoms with Gasteiger partial charge in [0, 0.05) is 20.5 Å². The van der Waals surface area contributed by atoms with Crippen molar-refractivity contribution in [1.29, 1.82) is 0 Å². The van der Waals surface area contributed by atoms with Crippen LogP contribution in [0.5, 0.6) is 0 Å². The van der Waals surface area contributed by atoms with E-state index in [2.05, 4.69) is 20.0 Å². The summed E-state index contributed by atoms with van der Waals surface area (Å²) in [7, 11) is -3.63. The van der Waals surface area contributed by atoms with Crippen LogP contribution in [0, 0.1) is 0 Å². The number of hydrogen-bond acceptors (Lipinski definition) is 10. The van der Waals surface area contributed by atoms with Crippen molar-refractivity contribution in [3.63, 3.8) is 0 Å². The largest absolute Gasteiger partial charge is 1.00 e. The van der Waals surface area contributed by atoms with Crippen molar-refractivity contribution in [3.05, 3.63) is 12.4 Å². The number of hydrogen-bond donors (Lipinski definition) is 1. The number of amides is 2. The number of likely N-dealkylation sites (N-methyl/N-ethyl adjacent to an activating group) is 1. The molecule has 1 N–H and O–H groups in total. The molecule has 1 fully saturated rings. The van der Waals surface area contributed by atoms with E-state index in [0.717, 1.165) is 5.06 Å². The summed E-state index contributed by atoms with van der Waals surface area (Å²) >= 11 is 0. The van der Waals surface area contributed by atoms with Crippen molar-refractivity contribution < 1.29 is 61.2 Å². The molecule has 0 bridgehead atoms. The van der Waals surface area contributed by atoms with E-state index in [1.807, 2.05) is 0 Å². The molecule has 2 atom stereocenters. The van der Waals surface area contributed by atoms with Crippen LogP contribution in [0.2, 0.25) is 0 Å². The van der Waals surface area contributed by atoms with Gasteiger partial charge in [0.05, 0.1) is 31.6 Å². The average Bonchev–Trinajstić information content (AvgIpc) is 3.09. The van der Waals surface area contributed by atoms with Gasteiger partial charge in [0.1, 0.15) is 6.04 Å². The summed E-state index contributed by atoms with van der Waals surface area (Å²) in [4.78, 5) is 32.0. The molecule has 0 spiro atoms. The van der Waals surface area contributed by atoms with Gasteiger partial charge in [0.15, 0.2) is 0 Å². The number of likely N-dealkylation sites (tertiary alicyclic amines) is 1. The molecule has 0 aliphatic carbocycles. The Kier molecular flexibility index (Phi) is 9.92. The minimum Gasteiger partial charge on any atom is -0.724 e. The van der Waals surface area contributed by atoms with E-state index in [9.17, 15) is 22.6 Å². The van der Waals surface area contributed by atoms with Gasteiger partial charge < -0.3 is 9.45 Å².